The Kier molecular flexibility index (Phi) is 3.72. The first kappa shape index (κ1) is 17.6. The van der Waals surface area contributed by atoms with Gasteiger partial charge in [0.1, 0.15) is 6.33 Å². The van der Waals surface area contributed by atoms with E-state index in [4.69, 9.17) is 0 Å². The lowest BCUT2D eigenvalue weighted by Gasteiger charge is -2.09. The van der Waals surface area contributed by atoms with Crippen LogP contribution < -0.4 is 0 Å². The van der Waals surface area contributed by atoms with Gasteiger partial charge in [0, 0.05) is 32.7 Å². The van der Waals surface area contributed by atoms with Gasteiger partial charge in [-0.2, -0.15) is 0 Å². The maximum Gasteiger partial charge on any atom is 0.116 e. The summed E-state index contributed by atoms with van der Waals surface area (Å²) in [4.78, 5) is 8.76. The zero-order chi connectivity index (χ0) is 21.1. The van der Waals surface area contributed by atoms with Gasteiger partial charge >= 0.3 is 0 Å². The number of rotatable bonds is 2. The van der Waals surface area contributed by atoms with Crippen molar-refractivity contribution in [1.29, 1.82) is 0 Å². The number of hydrogen-bond donors (Lipinski definition) is 0. The minimum atomic E-state index is 1.03. The van der Waals surface area contributed by atoms with Crippen LogP contribution in [-0.2, 0) is 0 Å². The smallest absolute Gasteiger partial charge is 0.116 e. The molecule has 0 aliphatic carbocycles. The highest BCUT2D eigenvalue weighted by Gasteiger charge is 2.15. The van der Waals surface area contributed by atoms with Crippen LogP contribution in [0.5, 0.6) is 0 Å². The van der Waals surface area contributed by atoms with Crippen molar-refractivity contribution < 1.29 is 0 Å². The minimum absolute atomic E-state index is 1.03. The van der Waals surface area contributed by atoms with Crippen molar-refractivity contribution in [3.8, 4) is 16.8 Å². The van der Waals surface area contributed by atoms with Crippen LogP contribution in [0.1, 0.15) is 0 Å². The predicted octanol–water partition coefficient (Wildman–Crippen LogP) is 7.61. The molecule has 7 rings (SSSR count). The molecule has 0 aliphatic rings. The molecule has 0 aliphatic heterocycles. The minimum Gasteiger partial charge on any atom is -0.309 e. The van der Waals surface area contributed by atoms with Crippen molar-refractivity contribution in [2.24, 2.45) is 0 Å². The lowest BCUT2D eigenvalue weighted by atomic mass is 10.1. The third kappa shape index (κ3) is 2.53. The zero-order valence-electron chi connectivity index (χ0n) is 17.1. The van der Waals surface area contributed by atoms with Crippen LogP contribution in [0, 0.1) is 0 Å². The van der Waals surface area contributed by atoms with Crippen molar-refractivity contribution in [2.45, 2.75) is 0 Å². The average molecular weight is 428 g/mol. The number of hydrogen-bond acceptors (Lipinski definition) is 3. The molecule has 0 spiro atoms. The summed E-state index contributed by atoms with van der Waals surface area (Å²) in [7, 11) is 0. The third-order valence-corrected chi connectivity index (χ3v) is 7.24. The van der Waals surface area contributed by atoms with Crippen LogP contribution in [-0.4, -0.2) is 14.5 Å². The molecule has 7 aromatic rings. The first-order valence-electron chi connectivity index (χ1n) is 10.6. The standard InChI is InChI=1S/C28H17N3S/c1-2-6-18(7-3-1)19-10-12-20(13-11-19)31-24-9-5-4-8-21(24)22-14-23-26(15-25(22)31)32-27-16-29-17-30-28(23)27/h1-17H. The molecule has 4 heteroatoms. The van der Waals surface area contributed by atoms with Crippen molar-refractivity contribution >= 4 is 53.4 Å². The highest BCUT2D eigenvalue weighted by Crippen LogP contribution is 2.39. The fourth-order valence-corrected chi connectivity index (χ4v) is 5.74. The quantitative estimate of drug-likeness (QED) is 0.284. The summed E-state index contributed by atoms with van der Waals surface area (Å²) in [5.41, 5.74) is 7.08. The van der Waals surface area contributed by atoms with Crippen molar-refractivity contribution in [1.82, 2.24) is 14.5 Å². The normalized spacial score (nSPS) is 11.8. The Labute approximate surface area is 188 Å². The fraction of sp³-hybridized carbons (Fsp3) is 0. The highest BCUT2D eigenvalue weighted by molar-refractivity contribution is 7.25. The molecule has 150 valence electrons. The summed E-state index contributed by atoms with van der Waals surface area (Å²) in [5, 5.41) is 3.70. The topological polar surface area (TPSA) is 30.7 Å². The van der Waals surface area contributed by atoms with E-state index in [0.29, 0.717) is 0 Å². The van der Waals surface area contributed by atoms with Crippen molar-refractivity contribution in [2.75, 3.05) is 0 Å². The largest absolute Gasteiger partial charge is 0.309 e. The first-order valence-corrected chi connectivity index (χ1v) is 11.4. The molecule has 0 bridgehead atoms. The van der Waals surface area contributed by atoms with Crippen LogP contribution >= 0.6 is 11.3 Å². The van der Waals surface area contributed by atoms with Gasteiger partial charge in [0.15, 0.2) is 0 Å². The SMILES string of the molecule is c1ccc(-c2ccc(-n3c4ccccc4c4cc5c(cc43)sc3cncnc35)cc2)cc1. The molecule has 0 atom stereocenters. The molecule has 0 amide bonds. The molecule has 0 saturated heterocycles. The monoisotopic (exact) mass is 427 g/mol. The molecule has 0 N–H and O–H groups in total. The van der Waals surface area contributed by atoms with Crippen molar-refractivity contribution in [3.63, 3.8) is 0 Å². The molecule has 0 unspecified atom stereocenters. The van der Waals surface area contributed by atoms with Gasteiger partial charge in [0.05, 0.1) is 21.3 Å². The van der Waals surface area contributed by atoms with Gasteiger partial charge in [0.2, 0.25) is 0 Å². The summed E-state index contributed by atoms with van der Waals surface area (Å²) in [6.45, 7) is 0. The van der Waals surface area contributed by atoms with Gasteiger partial charge in [-0.15, -0.1) is 11.3 Å². The Hall–Kier alpha value is -4.02. The summed E-state index contributed by atoms with van der Waals surface area (Å²) in [6, 6.07) is 32.6. The van der Waals surface area contributed by atoms with E-state index in [2.05, 4.69) is 106 Å². The van der Waals surface area contributed by atoms with E-state index >= 15 is 0 Å². The molecule has 3 aromatic heterocycles. The van der Waals surface area contributed by atoms with Crippen LogP contribution in [0.3, 0.4) is 0 Å². The van der Waals surface area contributed by atoms with Gasteiger partial charge in [-0.1, -0.05) is 60.7 Å². The second kappa shape index (κ2) is 6.74. The number of aromatic nitrogens is 3. The number of nitrogens with zero attached hydrogens (tertiary/aromatic N) is 3. The second-order valence-electron chi connectivity index (χ2n) is 7.97. The molecule has 3 heterocycles. The lowest BCUT2D eigenvalue weighted by molar-refractivity contribution is 1.18. The Balaban J connectivity index is 1.51. The molecule has 3 nitrogen and oxygen atoms in total. The summed E-state index contributed by atoms with van der Waals surface area (Å²) in [6.07, 6.45) is 3.54. The van der Waals surface area contributed by atoms with Crippen LogP contribution in [0.25, 0.3) is 58.9 Å². The summed E-state index contributed by atoms with van der Waals surface area (Å²) in [5.74, 6) is 0. The molecular weight excluding hydrogens is 410 g/mol. The van der Waals surface area contributed by atoms with E-state index in [-0.39, 0.29) is 0 Å². The van der Waals surface area contributed by atoms with Crippen molar-refractivity contribution in [3.05, 3.63) is 104 Å². The Bertz CT molecular complexity index is 1760. The van der Waals surface area contributed by atoms with Gasteiger partial charge in [-0.3, -0.25) is 0 Å². The average Bonchev–Trinajstić information content (AvgIpc) is 3.38. The molecule has 4 aromatic carbocycles. The number of benzene rings is 4. The van der Waals surface area contributed by atoms with E-state index in [0.717, 1.165) is 15.9 Å². The van der Waals surface area contributed by atoms with Crippen LogP contribution in [0.15, 0.2) is 104 Å². The van der Waals surface area contributed by atoms with Crippen LogP contribution in [0.2, 0.25) is 0 Å². The second-order valence-corrected chi connectivity index (χ2v) is 9.05. The van der Waals surface area contributed by atoms with Gasteiger partial charge < -0.3 is 4.57 Å². The Morgan fingerprint density at radius 1 is 0.625 bits per heavy atom. The molecule has 0 radical (unpaired) electrons. The predicted molar refractivity (Wildman–Crippen MR) is 135 cm³/mol. The highest BCUT2D eigenvalue weighted by atomic mass is 32.1. The van der Waals surface area contributed by atoms with Gasteiger partial charge in [0.25, 0.3) is 0 Å². The first-order chi connectivity index (χ1) is 15.9. The van der Waals surface area contributed by atoms with E-state index < -0.39 is 0 Å². The molecular formula is C28H17N3S. The summed E-state index contributed by atoms with van der Waals surface area (Å²) >= 11 is 1.75. The molecule has 32 heavy (non-hydrogen) atoms. The third-order valence-electron chi connectivity index (χ3n) is 6.16. The Morgan fingerprint density at radius 3 is 2.28 bits per heavy atom. The number of thiophene rings is 1. The van der Waals surface area contributed by atoms with E-state index in [1.807, 2.05) is 6.20 Å². The molecule has 0 fully saturated rings. The number of fused-ring (bicyclic) bond motifs is 6. The zero-order valence-corrected chi connectivity index (χ0v) is 17.9. The molecule has 0 saturated carbocycles. The van der Waals surface area contributed by atoms with E-state index in [1.54, 1.807) is 17.7 Å². The van der Waals surface area contributed by atoms with Crippen LogP contribution in [0.4, 0.5) is 0 Å². The van der Waals surface area contributed by atoms with E-state index in [9.17, 15) is 0 Å². The lowest BCUT2D eigenvalue weighted by Crippen LogP contribution is -1.93. The van der Waals surface area contributed by atoms with E-state index in [1.165, 1.54) is 43.0 Å². The fourth-order valence-electron chi connectivity index (χ4n) is 4.69. The van der Waals surface area contributed by atoms with Gasteiger partial charge in [-0.25, -0.2) is 9.97 Å². The Morgan fingerprint density at radius 2 is 1.41 bits per heavy atom. The van der Waals surface area contributed by atoms with Gasteiger partial charge in [-0.05, 0) is 41.5 Å². The maximum atomic E-state index is 4.55. The number of para-hydroxylation sites is 1. The maximum absolute atomic E-state index is 4.55. The summed E-state index contributed by atoms with van der Waals surface area (Å²) < 4.78 is 4.73.